The summed E-state index contributed by atoms with van der Waals surface area (Å²) in [5.74, 6) is -0.0661. The number of ether oxygens (including phenoxy) is 1. The largest absolute Gasteiger partial charge is 0.460 e. The van der Waals surface area contributed by atoms with E-state index >= 15 is 0 Å². The lowest BCUT2D eigenvalue weighted by Gasteiger charge is -2.40. The molecule has 6 nitrogen and oxygen atoms in total. The molecule has 2 fully saturated rings. The van der Waals surface area contributed by atoms with E-state index in [1.54, 1.807) is 0 Å². The van der Waals surface area contributed by atoms with Gasteiger partial charge >= 0.3 is 5.97 Å². The zero-order chi connectivity index (χ0) is 26.3. The Morgan fingerprint density at radius 2 is 1.81 bits per heavy atom. The molecule has 1 saturated carbocycles. The predicted molar refractivity (Wildman–Crippen MR) is 149 cm³/mol. The molecular weight excluding hydrogens is 624 g/mol. The minimum absolute atomic E-state index is 0.110. The van der Waals surface area contributed by atoms with Gasteiger partial charge in [-0.25, -0.2) is 0 Å². The number of aliphatic hydroxyl groups is 1. The number of carbonyl (C=O) groups excluding carboxylic acids is 2. The molecule has 37 heavy (non-hydrogen) atoms. The number of halogens is 3. The van der Waals surface area contributed by atoms with Crippen LogP contribution < -0.4 is 0 Å². The van der Waals surface area contributed by atoms with Crippen LogP contribution in [0.4, 0.5) is 0 Å². The number of hydrogen-bond donors (Lipinski definition) is 1. The van der Waals surface area contributed by atoms with E-state index in [2.05, 4.69) is 44.0 Å². The fraction of sp³-hybridized carbons (Fsp3) is 0.536. The van der Waals surface area contributed by atoms with E-state index in [4.69, 9.17) is 21.3 Å². The first kappa shape index (κ1) is 27.1. The molecule has 9 heteroatoms. The second-order valence-corrected chi connectivity index (χ2v) is 12.7. The second-order valence-electron chi connectivity index (χ2n) is 10.5. The Bertz CT molecular complexity index is 1200. The minimum atomic E-state index is -0.700. The van der Waals surface area contributed by atoms with Crippen LogP contribution in [-0.4, -0.2) is 52.2 Å². The summed E-state index contributed by atoms with van der Waals surface area (Å²) in [7, 11) is 0. The Morgan fingerprint density at radius 1 is 1.08 bits per heavy atom. The Morgan fingerprint density at radius 3 is 2.54 bits per heavy atom. The van der Waals surface area contributed by atoms with Crippen molar-refractivity contribution in [1.82, 2.24) is 9.88 Å². The van der Waals surface area contributed by atoms with Crippen molar-refractivity contribution in [3.05, 3.63) is 60.7 Å². The predicted octanol–water partition coefficient (Wildman–Crippen LogP) is 5.82. The Hall–Kier alpha value is -1.48. The number of pyridine rings is 1. The lowest BCUT2D eigenvalue weighted by atomic mass is 9.76. The molecule has 1 aromatic carbocycles. The van der Waals surface area contributed by atoms with Crippen LogP contribution >= 0.6 is 43.5 Å². The SMILES string of the molecule is CC(=O)OC1CC(C(=O)N2CCC([C@H]3c4ncc(Br)cc4CCc4cc(Cl)cc(Br)c43)CC2)CCC1O. The number of piperidine rings is 1. The molecule has 198 valence electrons. The number of benzene rings is 1. The first-order valence-corrected chi connectivity index (χ1v) is 14.9. The number of hydrogen-bond acceptors (Lipinski definition) is 5. The summed E-state index contributed by atoms with van der Waals surface area (Å²) in [6.45, 7) is 2.71. The average Bonchev–Trinajstić information content (AvgIpc) is 3.01. The van der Waals surface area contributed by atoms with Crippen molar-refractivity contribution in [3.8, 4) is 0 Å². The van der Waals surface area contributed by atoms with Gasteiger partial charge in [0.1, 0.15) is 6.10 Å². The molecule has 3 unspecified atom stereocenters. The van der Waals surface area contributed by atoms with E-state index in [0.29, 0.717) is 38.3 Å². The zero-order valence-corrected chi connectivity index (χ0v) is 24.7. The topological polar surface area (TPSA) is 79.7 Å². The van der Waals surface area contributed by atoms with Gasteiger partial charge in [-0.05, 0) is 102 Å². The number of aliphatic hydroxyl groups excluding tert-OH is 1. The van der Waals surface area contributed by atoms with Crippen LogP contribution in [0.3, 0.4) is 0 Å². The molecule has 2 aliphatic carbocycles. The fourth-order valence-electron chi connectivity index (χ4n) is 6.42. The second kappa shape index (κ2) is 11.3. The van der Waals surface area contributed by atoms with Crippen molar-refractivity contribution in [2.75, 3.05) is 13.1 Å². The molecule has 1 aliphatic heterocycles. The highest BCUT2D eigenvalue weighted by molar-refractivity contribution is 9.10. The number of carbonyl (C=O) groups is 2. The molecule has 2 aromatic rings. The maximum absolute atomic E-state index is 13.4. The summed E-state index contributed by atoms with van der Waals surface area (Å²) in [5, 5.41) is 11.0. The van der Waals surface area contributed by atoms with Gasteiger partial charge in [0, 0.05) is 52.0 Å². The Kier molecular flexibility index (Phi) is 8.30. The van der Waals surface area contributed by atoms with E-state index in [1.807, 2.05) is 17.2 Å². The maximum Gasteiger partial charge on any atom is 0.302 e. The number of aromatic nitrogens is 1. The van der Waals surface area contributed by atoms with Crippen molar-refractivity contribution in [3.63, 3.8) is 0 Å². The van der Waals surface area contributed by atoms with Gasteiger partial charge in [-0.1, -0.05) is 27.5 Å². The molecule has 1 N–H and O–H groups in total. The van der Waals surface area contributed by atoms with Crippen molar-refractivity contribution in [2.24, 2.45) is 11.8 Å². The lowest BCUT2D eigenvalue weighted by molar-refractivity contribution is -0.160. The van der Waals surface area contributed by atoms with Gasteiger partial charge in [0.25, 0.3) is 0 Å². The van der Waals surface area contributed by atoms with Crippen LogP contribution in [0, 0.1) is 11.8 Å². The third kappa shape index (κ3) is 5.77. The molecular formula is C28H31Br2ClN2O4. The van der Waals surface area contributed by atoms with E-state index in [1.165, 1.54) is 23.6 Å². The molecule has 5 rings (SSSR count). The van der Waals surface area contributed by atoms with Gasteiger partial charge in [0.2, 0.25) is 5.91 Å². The summed E-state index contributed by atoms with van der Waals surface area (Å²) >= 11 is 13.8. The zero-order valence-electron chi connectivity index (χ0n) is 20.8. The summed E-state index contributed by atoms with van der Waals surface area (Å²) in [4.78, 5) is 31.7. The third-order valence-electron chi connectivity index (χ3n) is 8.16. The van der Waals surface area contributed by atoms with Crippen LogP contribution in [0.15, 0.2) is 33.3 Å². The van der Waals surface area contributed by atoms with Crippen molar-refractivity contribution >= 4 is 55.3 Å². The van der Waals surface area contributed by atoms with Gasteiger partial charge in [-0.15, -0.1) is 0 Å². The van der Waals surface area contributed by atoms with Gasteiger partial charge in [-0.2, -0.15) is 0 Å². The molecule has 0 radical (unpaired) electrons. The van der Waals surface area contributed by atoms with E-state index in [-0.39, 0.29) is 17.7 Å². The van der Waals surface area contributed by atoms with Crippen LogP contribution in [0.2, 0.25) is 5.02 Å². The van der Waals surface area contributed by atoms with Gasteiger partial charge < -0.3 is 14.7 Å². The van der Waals surface area contributed by atoms with E-state index < -0.39 is 18.2 Å². The highest BCUT2D eigenvalue weighted by atomic mass is 79.9. The molecule has 3 aliphatic rings. The van der Waals surface area contributed by atoms with Gasteiger partial charge in [0.05, 0.1) is 11.8 Å². The molecule has 4 atom stereocenters. The number of fused-ring (bicyclic) bond motifs is 2. The number of rotatable bonds is 3. The first-order valence-electron chi connectivity index (χ1n) is 13.0. The Balaban J connectivity index is 1.35. The fourth-order valence-corrected chi connectivity index (χ4v) is 7.92. The highest BCUT2D eigenvalue weighted by Gasteiger charge is 2.40. The first-order chi connectivity index (χ1) is 17.7. The number of aryl methyl sites for hydroxylation is 2. The number of esters is 1. The summed E-state index contributed by atoms with van der Waals surface area (Å²) in [6.07, 6.45) is 5.63. The minimum Gasteiger partial charge on any atom is -0.460 e. The summed E-state index contributed by atoms with van der Waals surface area (Å²) in [5.41, 5.74) is 4.91. The van der Waals surface area contributed by atoms with E-state index in [9.17, 15) is 14.7 Å². The van der Waals surface area contributed by atoms with Crippen LogP contribution in [0.25, 0.3) is 0 Å². The normalized spacial score (nSPS) is 26.1. The molecule has 1 amide bonds. The standard InChI is InChI=1S/C28H31Br2ClN2O4/c1-15(34)37-24-12-19(4-5-23(24)35)28(36)33-8-6-16(7-9-33)26-25-17(11-21(31)13-22(25)30)2-3-18-10-20(29)14-32-27(18)26/h10-11,13-14,16,19,23-24,26,35H,2-9,12H2,1H3/t19?,23?,24?,26-/m1/s1. The Labute approximate surface area is 239 Å². The maximum atomic E-state index is 13.4. The quantitative estimate of drug-likeness (QED) is 0.422. The molecule has 0 bridgehead atoms. The van der Waals surface area contributed by atoms with Crippen LogP contribution in [-0.2, 0) is 27.2 Å². The highest BCUT2D eigenvalue weighted by Crippen LogP contribution is 2.46. The van der Waals surface area contributed by atoms with Crippen LogP contribution in [0.1, 0.15) is 67.3 Å². The summed E-state index contributed by atoms with van der Waals surface area (Å²) in [6, 6.07) is 6.25. The molecule has 1 saturated heterocycles. The molecule has 2 heterocycles. The van der Waals surface area contributed by atoms with Crippen molar-refractivity contribution < 1.29 is 19.4 Å². The van der Waals surface area contributed by atoms with Crippen molar-refractivity contribution in [1.29, 1.82) is 0 Å². The number of nitrogens with zero attached hydrogens (tertiary/aromatic N) is 2. The van der Waals surface area contributed by atoms with Crippen LogP contribution in [0.5, 0.6) is 0 Å². The smallest absolute Gasteiger partial charge is 0.302 e. The number of amides is 1. The lowest BCUT2D eigenvalue weighted by Crippen LogP contribution is -2.47. The van der Waals surface area contributed by atoms with Gasteiger partial charge in [-0.3, -0.25) is 14.6 Å². The number of likely N-dealkylation sites (tertiary alicyclic amines) is 1. The van der Waals surface area contributed by atoms with Crippen molar-refractivity contribution in [2.45, 2.75) is 70.0 Å². The monoisotopic (exact) mass is 652 g/mol. The molecule has 0 spiro atoms. The van der Waals surface area contributed by atoms with E-state index in [0.717, 1.165) is 45.3 Å². The van der Waals surface area contributed by atoms with Gasteiger partial charge in [0.15, 0.2) is 0 Å². The third-order valence-corrected chi connectivity index (χ3v) is 9.47. The summed E-state index contributed by atoms with van der Waals surface area (Å²) < 4.78 is 7.30. The average molecular weight is 655 g/mol. The molecule has 1 aromatic heterocycles.